The summed E-state index contributed by atoms with van der Waals surface area (Å²) in [5, 5.41) is 7.17. The van der Waals surface area contributed by atoms with E-state index < -0.39 is 5.91 Å². The van der Waals surface area contributed by atoms with E-state index in [4.69, 9.17) is 16.0 Å². The zero-order chi connectivity index (χ0) is 23.4. The molecule has 0 spiro atoms. The first-order valence-electron chi connectivity index (χ1n) is 11.9. The van der Waals surface area contributed by atoms with Gasteiger partial charge in [0.2, 0.25) is 11.7 Å². The third kappa shape index (κ3) is 5.25. The van der Waals surface area contributed by atoms with Crippen molar-refractivity contribution in [2.24, 2.45) is 17.8 Å². The SMILES string of the molecule is CCC(CC)C1CCC(C(=O)Nc2c(C(=O)Nc3ccc(Cl)cc3)oc3ccccc23)CC1. The normalized spacial score (nSPS) is 18.4. The highest BCUT2D eigenvalue weighted by Crippen LogP contribution is 2.38. The molecule has 1 aliphatic rings. The molecule has 2 amide bonds. The van der Waals surface area contributed by atoms with Gasteiger partial charge < -0.3 is 15.1 Å². The molecule has 0 bridgehead atoms. The molecule has 0 atom stereocenters. The van der Waals surface area contributed by atoms with Gasteiger partial charge in [-0.15, -0.1) is 0 Å². The van der Waals surface area contributed by atoms with Crippen molar-refractivity contribution >= 4 is 45.8 Å². The summed E-state index contributed by atoms with van der Waals surface area (Å²) in [4.78, 5) is 26.2. The second-order valence-corrected chi connectivity index (χ2v) is 9.38. The van der Waals surface area contributed by atoms with Crippen molar-refractivity contribution in [2.45, 2.75) is 52.4 Å². The second kappa shape index (κ2) is 10.4. The smallest absolute Gasteiger partial charge is 0.293 e. The molecule has 1 aromatic heterocycles. The van der Waals surface area contributed by atoms with Gasteiger partial charge in [-0.1, -0.05) is 50.4 Å². The minimum Gasteiger partial charge on any atom is -0.449 e. The third-order valence-corrected chi connectivity index (χ3v) is 7.26. The predicted octanol–water partition coefficient (Wildman–Crippen LogP) is 7.52. The number of furan rings is 1. The summed E-state index contributed by atoms with van der Waals surface area (Å²) in [6.45, 7) is 4.52. The molecule has 33 heavy (non-hydrogen) atoms. The molecule has 3 aromatic rings. The van der Waals surface area contributed by atoms with Gasteiger partial charge in [-0.3, -0.25) is 9.59 Å². The summed E-state index contributed by atoms with van der Waals surface area (Å²) in [5.41, 5.74) is 1.59. The Kier molecular flexibility index (Phi) is 7.39. The molecule has 1 fully saturated rings. The molecule has 1 aliphatic carbocycles. The first-order chi connectivity index (χ1) is 16.0. The molecule has 0 saturated heterocycles. The van der Waals surface area contributed by atoms with E-state index in [2.05, 4.69) is 24.5 Å². The highest BCUT2D eigenvalue weighted by Gasteiger charge is 2.31. The summed E-state index contributed by atoms with van der Waals surface area (Å²) in [5.74, 6) is 1.06. The lowest BCUT2D eigenvalue weighted by Gasteiger charge is -2.32. The zero-order valence-electron chi connectivity index (χ0n) is 19.2. The van der Waals surface area contributed by atoms with Gasteiger partial charge in [0, 0.05) is 22.0 Å². The van der Waals surface area contributed by atoms with Crippen molar-refractivity contribution in [3.8, 4) is 0 Å². The average molecular weight is 467 g/mol. The van der Waals surface area contributed by atoms with Crippen LogP contribution >= 0.6 is 11.6 Å². The minimum atomic E-state index is -0.415. The van der Waals surface area contributed by atoms with Crippen molar-refractivity contribution in [1.29, 1.82) is 0 Å². The molecule has 6 heteroatoms. The summed E-state index contributed by atoms with van der Waals surface area (Å²) < 4.78 is 5.87. The number of para-hydroxylation sites is 1. The molecule has 5 nitrogen and oxygen atoms in total. The average Bonchev–Trinajstić information content (AvgIpc) is 3.20. The van der Waals surface area contributed by atoms with Crippen LogP contribution in [0.15, 0.2) is 52.9 Å². The van der Waals surface area contributed by atoms with Crippen LogP contribution in [0.1, 0.15) is 62.9 Å². The quantitative estimate of drug-likeness (QED) is 0.378. The van der Waals surface area contributed by atoms with E-state index in [0.29, 0.717) is 27.9 Å². The lowest BCUT2D eigenvalue weighted by atomic mass is 9.74. The van der Waals surface area contributed by atoms with Crippen LogP contribution in [0.3, 0.4) is 0 Å². The van der Waals surface area contributed by atoms with Crippen LogP contribution in [0, 0.1) is 17.8 Å². The summed E-state index contributed by atoms with van der Waals surface area (Å²) in [6.07, 6.45) is 6.33. The lowest BCUT2D eigenvalue weighted by Crippen LogP contribution is -2.29. The topological polar surface area (TPSA) is 71.3 Å². The Morgan fingerprint density at radius 3 is 2.30 bits per heavy atom. The van der Waals surface area contributed by atoms with Crippen molar-refractivity contribution in [1.82, 2.24) is 0 Å². The van der Waals surface area contributed by atoms with Crippen LogP contribution in [-0.2, 0) is 4.79 Å². The number of carbonyl (C=O) groups excluding carboxylic acids is 2. The van der Waals surface area contributed by atoms with Crippen LogP contribution < -0.4 is 10.6 Å². The van der Waals surface area contributed by atoms with Gasteiger partial charge in [0.05, 0.1) is 0 Å². The third-order valence-electron chi connectivity index (χ3n) is 7.01. The van der Waals surface area contributed by atoms with Crippen molar-refractivity contribution in [2.75, 3.05) is 10.6 Å². The molecular formula is C27H31ClN2O3. The van der Waals surface area contributed by atoms with Crippen molar-refractivity contribution in [3.05, 3.63) is 59.3 Å². The Balaban J connectivity index is 1.52. The van der Waals surface area contributed by atoms with Gasteiger partial charge in [0.25, 0.3) is 5.91 Å². The van der Waals surface area contributed by atoms with Gasteiger partial charge in [-0.25, -0.2) is 0 Å². The van der Waals surface area contributed by atoms with Crippen LogP contribution in [0.4, 0.5) is 11.4 Å². The highest BCUT2D eigenvalue weighted by molar-refractivity contribution is 6.30. The number of halogens is 1. The Morgan fingerprint density at radius 2 is 1.64 bits per heavy atom. The number of benzene rings is 2. The Morgan fingerprint density at radius 1 is 0.970 bits per heavy atom. The van der Waals surface area contributed by atoms with E-state index in [9.17, 15) is 9.59 Å². The molecule has 4 rings (SSSR count). The minimum absolute atomic E-state index is 0.0370. The molecule has 0 unspecified atom stereocenters. The molecule has 0 aliphatic heterocycles. The maximum atomic E-state index is 13.2. The number of rotatable bonds is 7. The molecule has 2 N–H and O–H groups in total. The molecule has 0 radical (unpaired) electrons. The van der Waals surface area contributed by atoms with Crippen LogP contribution in [0.5, 0.6) is 0 Å². The van der Waals surface area contributed by atoms with Gasteiger partial charge in [-0.05, 0) is 73.9 Å². The molecule has 174 valence electrons. The van der Waals surface area contributed by atoms with Crippen LogP contribution in [-0.4, -0.2) is 11.8 Å². The first kappa shape index (κ1) is 23.4. The van der Waals surface area contributed by atoms with Gasteiger partial charge in [-0.2, -0.15) is 0 Å². The van der Waals surface area contributed by atoms with Crippen molar-refractivity contribution in [3.63, 3.8) is 0 Å². The molecule has 2 aromatic carbocycles. The number of hydrogen-bond donors (Lipinski definition) is 2. The molecule has 1 saturated carbocycles. The standard InChI is InChI=1S/C27H31ClN2O3/c1-3-17(4-2)18-9-11-19(12-10-18)26(31)30-24-22-7-5-6-8-23(22)33-25(24)27(32)29-21-15-13-20(28)14-16-21/h5-8,13-19H,3-4,9-12H2,1-2H3,(H,29,32)(H,30,31). The van der Waals surface area contributed by atoms with Gasteiger partial charge in [0.1, 0.15) is 11.3 Å². The van der Waals surface area contributed by atoms with Gasteiger partial charge >= 0.3 is 0 Å². The Hall–Kier alpha value is -2.79. The van der Waals surface area contributed by atoms with E-state index >= 15 is 0 Å². The first-order valence-corrected chi connectivity index (χ1v) is 12.3. The summed E-state index contributed by atoms with van der Waals surface area (Å²) in [6, 6.07) is 14.2. The van der Waals surface area contributed by atoms with E-state index in [0.717, 1.165) is 37.0 Å². The fraction of sp³-hybridized carbons (Fsp3) is 0.407. The summed E-state index contributed by atoms with van der Waals surface area (Å²) >= 11 is 5.94. The largest absolute Gasteiger partial charge is 0.449 e. The molecule has 1 heterocycles. The maximum absolute atomic E-state index is 13.2. The van der Waals surface area contributed by atoms with E-state index in [-0.39, 0.29) is 17.6 Å². The number of anilines is 2. The maximum Gasteiger partial charge on any atom is 0.293 e. The van der Waals surface area contributed by atoms with Crippen LogP contribution in [0.2, 0.25) is 5.02 Å². The van der Waals surface area contributed by atoms with E-state index in [1.165, 1.54) is 12.8 Å². The Labute approximate surface area is 199 Å². The molecular weight excluding hydrogens is 436 g/mol. The number of hydrogen-bond acceptors (Lipinski definition) is 3. The summed E-state index contributed by atoms with van der Waals surface area (Å²) in [7, 11) is 0. The fourth-order valence-electron chi connectivity index (χ4n) is 5.08. The number of carbonyl (C=O) groups is 2. The highest BCUT2D eigenvalue weighted by atomic mass is 35.5. The van der Waals surface area contributed by atoms with E-state index in [1.807, 2.05) is 18.2 Å². The predicted molar refractivity (Wildman–Crippen MR) is 134 cm³/mol. The van der Waals surface area contributed by atoms with Gasteiger partial charge in [0.15, 0.2) is 0 Å². The lowest BCUT2D eigenvalue weighted by molar-refractivity contribution is -0.121. The zero-order valence-corrected chi connectivity index (χ0v) is 20.0. The number of fused-ring (bicyclic) bond motifs is 1. The number of nitrogens with one attached hydrogen (secondary N) is 2. The fourth-order valence-corrected chi connectivity index (χ4v) is 5.21. The second-order valence-electron chi connectivity index (χ2n) is 8.94. The van der Waals surface area contributed by atoms with Crippen molar-refractivity contribution < 1.29 is 14.0 Å². The van der Waals surface area contributed by atoms with Crippen LogP contribution in [0.25, 0.3) is 11.0 Å². The Bertz CT molecular complexity index is 1110. The van der Waals surface area contributed by atoms with E-state index in [1.54, 1.807) is 30.3 Å². The number of amides is 2. The monoisotopic (exact) mass is 466 g/mol.